The van der Waals surface area contributed by atoms with Crippen molar-refractivity contribution >= 4 is 27.5 Å². The molecule has 0 aliphatic heterocycles. The van der Waals surface area contributed by atoms with Crippen LogP contribution in [0.25, 0.3) is 0 Å². The Hall–Kier alpha value is -3.85. The van der Waals surface area contributed by atoms with Crippen LogP contribution in [0.15, 0.2) is 83.8 Å². The van der Waals surface area contributed by atoms with E-state index in [1.807, 2.05) is 32.9 Å². The third-order valence-electron chi connectivity index (χ3n) is 6.35. The topological polar surface area (TPSA) is 96.0 Å². The molecule has 0 heterocycles. The van der Waals surface area contributed by atoms with Crippen LogP contribution in [0.5, 0.6) is 5.75 Å². The van der Waals surface area contributed by atoms with E-state index in [1.54, 1.807) is 61.7 Å². The molecule has 1 N–H and O–H groups in total. The van der Waals surface area contributed by atoms with Crippen LogP contribution in [0.2, 0.25) is 0 Å². The molecule has 0 saturated heterocycles. The highest BCUT2D eigenvalue weighted by Gasteiger charge is 2.33. The second-order valence-corrected chi connectivity index (χ2v) is 11.1. The minimum Gasteiger partial charge on any atom is -0.497 e. The molecule has 0 aromatic heterocycles. The van der Waals surface area contributed by atoms with Gasteiger partial charge in [0.1, 0.15) is 18.3 Å². The number of anilines is 1. The summed E-state index contributed by atoms with van der Waals surface area (Å²) in [5.74, 6) is -0.143. The van der Waals surface area contributed by atoms with E-state index in [-0.39, 0.29) is 17.3 Å². The molecule has 208 valence electrons. The van der Waals surface area contributed by atoms with E-state index >= 15 is 0 Å². The Labute approximate surface area is 231 Å². The van der Waals surface area contributed by atoms with Gasteiger partial charge >= 0.3 is 0 Å². The predicted octanol–water partition coefficient (Wildman–Crippen LogP) is 4.53. The number of para-hydroxylation sites is 1. The lowest BCUT2D eigenvalue weighted by Gasteiger charge is -2.33. The molecule has 8 nitrogen and oxygen atoms in total. The zero-order chi connectivity index (χ0) is 28.4. The van der Waals surface area contributed by atoms with Crippen LogP contribution in [-0.4, -0.2) is 51.4 Å². The molecule has 0 spiro atoms. The molecular formula is C30H37N3O5S. The van der Waals surface area contributed by atoms with Gasteiger partial charge in [-0.3, -0.25) is 13.9 Å². The van der Waals surface area contributed by atoms with Crippen molar-refractivity contribution in [1.82, 2.24) is 10.2 Å². The number of carbonyl (C=O) groups excluding carboxylic acids is 2. The van der Waals surface area contributed by atoms with E-state index in [0.717, 1.165) is 21.9 Å². The maximum Gasteiger partial charge on any atom is 0.264 e. The van der Waals surface area contributed by atoms with Crippen LogP contribution in [-0.2, 0) is 26.2 Å². The standard InChI is InChI=1S/C30H37N3O5S/c1-5-19-31-30(35)28(6-2)32(21-24-11-10-14-26(20-24)38-4)29(34)22-33(25-12-8-7-9-13-25)39(36,37)27-17-15-23(3)16-18-27/h7-18,20,28H,5-6,19,21-22H2,1-4H3,(H,31,35)/t28-/m1/s1. The number of sulfonamides is 1. The van der Waals surface area contributed by atoms with E-state index in [4.69, 9.17) is 4.74 Å². The van der Waals surface area contributed by atoms with E-state index < -0.39 is 28.5 Å². The zero-order valence-electron chi connectivity index (χ0n) is 23.0. The second kappa shape index (κ2) is 13.8. The lowest BCUT2D eigenvalue weighted by molar-refractivity contribution is -0.140. The number of nitrogens with one attached hydrogen (secondary N) is 1. The van der Waals surface area contributed by atoms with Crippen LogP contribution < -0.4 is 14.4 Å². The number of ether oxygens (including phenoxy) is 1. The lowest BCUT2D eigenvalue weighted by Crippen LogP contribution is -2.52. The van der Waals surface area contributed by atoms with Crippen LogP contribution in [0.4, 0.5) is 5.69 Å². The highest BCUT2D eigenvalue weighted by Crippen LogP contribution is 2.25. The molecule has 0 unspecified atom stereocenters. The molecule has 9 heteroatoms. The molecule has 0 aliphatic carbocycles. The van der Waals surface area contributed by atoms with Gasteiger partial charge in [-0.2, -0.15) is 0 Å². The smallest absolute Gasteiger partial charge is 0.264 e. The molecule has 0 bridgehead atoms. The SMILES string of the molecule is CCCNC(=O)[C@@H](CC)N(Cc1cccc(OC)c1)C(=O)CN(c1ccccc1)S(=O)(=O)c1ccc(C)cc1. The fourth-order valence-corrected chi connectivity index (χ4v) is 5.63. The van der Waals surface area contributed by atoms with Crippen molar-refractivity contribution < 1.29 is 22.7 Å². The number of hydrogen-bond donors (Lipinski definition) is 1. The Balaban J connectivity index is 2.03. The van der Waals surface area contributed by atoms with Crippen LogP contribution in [0.1, 0.15) is 37.8 Å². The van der Waals surface area contributed by atoms with Crippen LogP contribution >= 0.6 is 0 Å². The largest absolute Gasteiger partial charge is 0.497 e. The quantitative estimate of drug-likeness (QED) is 0.337. The van der Waals surface area contributed by atoms with Gasteiger partial charge in [0.15, 0.2) is 0 Å². The monoisotopic (exact) mass is 551 g/mol. The van der Waals surface area contributed by atoms with Crippen molar-refractivity contribution in [2.45, 2.75) is 51.1 Å². The average Bonchev–Trinajstić information content (AvgIpc) is 2.95. The van der Waals surface area contributed by atoms with Gasteiger partial charge in [-0.25, -0.2) is 8.42 Å². The van der Waals surface area contributed by atoms with Gasteiger partial charge in [-0.1, -0.05) is 61.9 Å². The normalized spacial score (nSPS) is 11.9. The third-order valence-corrected chi connectivity index (χ3v) is 8.14. The van der Waals surface area contributed by atoms with Crippen molar-refractivity contribution in [2.24, 2.45) is 0 Å². The van der Waals surface area contributed by atoms with E-state index in [1.165, 1.54) is 17.0 Å². The number of amides is 2. The van der Waals surface area contributed by atoms with E-state index in [9.17, 15) is 18.0 Å². The summed E-state index contributed by atoms with van der Waals surface area (Å²) >= 11 is 0. The highest BCUT2D eigenvalue weighted by molar-refractivity contribution is 7.92. The summed E-state index contributed by atoms with van der Waals surface area (Å²) < 4.78 is 34.1. The van der Waals surface area contributed by atoms with Gasteiger partial charge < -0.3 is 15.0 Å². The van der Waals surface area contributed by atoms with Gasteiger partial charge in [0.25, 0.3) is 10.0 Å². The first kappa shape index (κ1) is 29.7. The molecule has 3 aromatic rings. The minimum absolute atomic E-state index is 0.0804. The molecule has 2 amide bonds. The van der Waals surface area contributed by atoms with Crippen LogP contribution in [0.3, 0.4) is 0 Å². The van der Waals surface area contributed by atoms with Gasteiger partial charge in [-0.15, -0.1) is 0 Å². The van der Waals surface area contributed by atoms with Crippen molar-refractivity contribution in [3.05, 3.63) is 90.0 Å². The first-order valence-corrected chi connectivity index (χ1v) is 14.5. The first-order chi connectivity index (χ1) is 18.7. The third kappa shape index (κ3) is 7.60. The van der Waals surface area contributed by atoms with Gasteiger partial charge in [0.2, 0.25) is 11.8 Å². The van der Waals surface area contributed by atoms with Crippen molar-refractivity contribution in [3.63, 3.8) is 0 Å². The Kier molecular flexibility index (Phi) is 10.5. The Morgan fingerprint density at radius 3 is 2.26 bits per heavy atom. The van der Waals surface area contributed by atoms with E-state index in [2.05, 4.69) is 5.32 Å². The number of carbonyl (C=O) groups is 2. The van der Waals surface area contributed by atoms with Gasteiger partial charge in [0, 0.05) is 13.1 Å². The summed E-state index contributed by atoms with van der Waals surface area (Å²) in [6.07, 6.45) is 1.11. The molecule has 3 rings (SSSR count). The second-order valence-electron chi connectivity index (χ2n) is 9.25. The lowest BCUT2D eigenvalue weighted by atomic mass is 10.1. The molecule has 0 aliphatic rings. The Morgan fingerprint density at radius 1 is 0.949 bits per heavy atom. The molecule has 0 fully saturated rings. The summed E-state index contributed by atoms with van der Waals surface area (Å²) in [5.41, 5.74) is 2.04. The number of nitrogens with zero attached hydrogens (tertiary/aromatic N) is 2. The van der Waals surface area contributed by atoms with Gasteiger partial charge in [-0.05, 0) is 61.7 Å². The van der Waals surface area contributed by atoms with Gasteiger partial charge in [0.05, 0.1) is 17.7 Å². The number of hydrogen-bond acceptors (Lipinski definition) is 5. The summed E-state index contributed by atoms with van der Waals surface area (Å²) in [5, 5.41) is 2.88. The summed E-state index contributed by atoms with van der Waals surface area (Å²) in [4.78, 5) is 28.7. The van der Waals surface area contributed by atoms with Crippen molar-refractivity contribution in [3.8, 4) is 5.75 Å². The number of benzene rings is 3. The molecule has 1 atom stereocenters. The number of methoxy groups -OCH3 is 1. The Morgan fingerprint density at radius 2 is 1.64 bits per heavy atom. The fourth-order valence-electron chi connectivity index (χ4n) is 4.21. The summed E-state index contributed by atoms with van der Waals surface area (Å²) in [6.45, 7) is 5.78. The zero-order valence-corrected chi connectivity index (χ0v) is 23.8. The summed E-state index contributed by atoms with van der Waals surface area (Å²) in [6, 6.07) is 21.5. The minimum atomic E-state index is -4.08. The predicted molar refractivity (Wildman–Crippen MR) is 153 cm³/mol. The van der Waals surface area contributed by atoms with Crippen LogP contribution in [0, 0.1) is 6.92 Å². The maximum atomic E-state index is 14.0. The molecule has 0 saturated carbocycles. The van der Waals surface area contributed by atoms with Crippen molar-refractivity contribution in [2.75, 3.05) is 24.5 Å². The van der Waals surface area contributed by atoms with E-state index in [0.29, 0.717) is 24.4 Å². The molecule has 3 aromatic carbocycles. The number of rotatable bonds is 13. The highest BCUT2D eigenvalue weighted by atomic mass is 32.2. The number of aryl methyl sites for hydroxylation is 1. The first-order valence-electron chi connectivity index (χ1n) is 13.1. The maximum absolute atomic E-state index is 14.0. The average molecular weight is 552 g/mol. The Bertz CT molecular complexity index is 1340. The molecule has 0 radical (unpaired) electrons. The van der Waals surface area contributed by atoms with Crippen molar-refractivity contribution in [1.29, 1.82) is 0 Å². The summed E-state index contributed by atoms with van der Waals surface area (Å²) in [7, 11) is -2.53. The molecular weight excluding hydrogens is 514 g/mol. The fraction of sp³-hybridized carbons (Fsp3) is 0.333. The molecule has 39 heavy (non-hydrogen) atoms.